The van der Waals surface area contributed by atoms with Crippen LogP contribution in [0.2, 0.25) is 0 Å². The minimum atomic E-state index is 0.584. The number of nitrogens with two attached hydrogens (primary N) is 1. The highest BCUT2D eigenvalue weighted by Crippen LogP contribution is 2.13. The predicted octanol–water partition coefficient (Wildman–Crippen LogP) is 2.48. The lowest BCUT2D eigenvalue weighted by atomic mass is 10.0. The van der Waals surface area contributed by atoms with Crippen LogP contribution in [0.25, 0.3) is 0 Å². The van der Waals surface area contributed by atoms with Gasteiger partial charge in [0.15, 0.2) is 0 Å². The molecule has 0 saturated heterocycles. The first-order valence-corrected chi connectivity index (χ1v) is 6.17. The van der Waals surface area contributed by atoms with Gasteiger partial charge in [0.25, 0.3) is 0 Å². The molecule has 0 saturated carbocycles. The molecule has 0 aliphatic heterocycles. The number of hydrogen-bond donors (Lipinski definition) is 1. The third kappa shape index (κ3) is 4.43. The van der Waals surface area contributed by atoms with Crippen LogP contribution in [0.15, 0.2) is 0 Å². The highest BCUT2D eigenvalue weighted by molar-refractivity contribution is 4.72. The maximum absolute atomic E-state index is 5.78. The van der Waals surface area contributed by atoms with E-state index in [1.165, 1.54) is 25.8 Å². The van der Waals surface area contributed by atoms with E-state index in [1.807, 2.05) is 0 Å². The van der Waals surface area contributed by atoms with Gasteiger partial charge in [-0.15, -0.1) is 0 Å². The zero-order chi connectivity index (χ0) is 11.0. The van der Waals surface area contributed by atoms with Crippen molar-refractivity contribution < 1.29 is 0 Å². The Bertz CT molecular complexity index is 117. The van der Waals surface area contributed by atoms with Crippen LogP contribution in [0.5, 0.6) is 0 Å². The van der Waals surface area contributed by atoms with Crippen LogP contribution in [0.3, 0.4) is 0 Å². The standard InChI is InChI=1S/C12H28N2/c1-5-11(6-2)10-14(8-4)12(7-3)9-13/h11-12H,5-10,13H2,1-4H3. The van der Waals surface area contributed by atoms with Crippen molar-refractivity contribution in [3.05, 3.63) is 0 Å². The molecule has 14 heavy (non-hydrogen) atoms. The zero-order valence-corrected chi connectivity index (χ0v) is 10.4. The predicted molar refractivity (Wildman–Crippen MR) is 64.5 cm³/mol. The second-order valence-corrected chi connectivity index (χ2v) is 4.07. The molecule has 1 atom stereocenters. The molecule has 0 fully saturated rings. The van der Waals surface area contributed by atoms with E-state index in [1.54, 1.807) is 0 Å². The quantitative estimate of drug-likeness (QED) is 0.652. The van der Waals surface area contributed by atoms with Crippen LogP contribution in [0, 0.1) is 5.92 Å². The van der Waals surface area contributed by atoms with Crippen molar-refractivity contribution in [1.29, 1.82) is 0 Å². The number of likely N-dealkylation sites (N-methyl/N-ethyl adjacent to an activating group) is 1. The van der Waals surface area contributed by atoms with Gasteiger partial charge in [-0.1, -0.05) is 40.5 Å². The Morgan fingerprint density at radius 2 is 1.57 bits per heavy atom. The monoisotopic (exact) mass is 200 g/mol. The molecule has 0 aromatic heterocycles. The number of nitrogens with zero attached hydrogens (tertiary/aromatic N) is 1. The third-order valence-electron chi connectivity index (χ3n) is 3.31. The lowest BCUT2D eigenvalue weighted by molar-refractivity contribution is 0.169. The molecule has 86 valence electrons. The van der Waals surface area contributed by atoms with Crippen molar-refractivity contribution in [2.45, 2.75) is 53.0 Å². The van der Waals surface area contributed by atoms with Gasteiger partial charge in [0.1, 0.15) is 0 Å². The summed E-state index contributed by atoms with van der Waals surface area (Å²) in [6.45, 7) is 12.2. The second-order valence-electron chi connectivity index (χ2n) is 4.07. The van der Waals surface area contributed by atoms with Gasteiger partial charge in [-0.3, -0.25) is 4.90 Å². The Morgan fingerprint density at radius 1 is 1.00 bits per heavy atom. The molecule has 2 heteroatoms. The average Bonchev–Trinajstić information content (AvgIpc) is 2.24. The van der Waals surface area contributed by atoms with Gasteiger partial charge in [0.05, 0.1) is 0 Å². The normalized spacial score (nSPS) is 13.9. The Hall–Kier alpha value is -0.0800. The summed E-state index contributed by atoms with van der Waals surface area (Å²) < 4.78 is 0. The summed E-state index contributed by atoms with van der Waals surface area (Å²) in [7, 11) is 0. The Balaban J connectivity index is 4.10. The van der Waals surface area contributed by atoms with Crippen LogP contribution >= 0.6 is 0 Å². The van der Waals surface area contributed by atoms with E-state index < -0.39 is 0 Å². The van der Waals surface area contributed by atoms with E-state index >= 15 is 0 Å². The van der Waals surface area contributed by atoms with Gasteiger partial charge in [-0.2, -0.15) is 0 Å². The third-order valence-corrected chi connectivity index (χ3v) is 3.31. The highest BCUT2D eigenvalue weighted by atomic mass is 15.2. The van der Waals surface area contributed by atoms with Crippen molar-refractivity contribution in [3.8, 4) is 0 Å². The van der Waals surface area contributed by atoms with Crippen molar-refractivity contribution in [1.82, 2.24) is 4.90 Å². The molecule has 0 aliphatic rings. The smallest absolute Gasteiger partial charge is 0.0215 e. The Kier molecular flexibility index (Phi) is 8.20. The lowest BCUT2D eigenvalue weighted by Gasteiger charge is -2.31. The molecular weight excluding hydrogens is 172 g/mol. The van der Waals surface area contributed by atoms with E-state index in [2.05, 4.69) is 32.6 Å². The first-order chi connectivity index (χ1) is 6.73. The van der Waals surface area contributed by atoms with Crippen molar-refractivity contribution in [2.24, 2.45) is 11.7 Å². The first kappa shape index (κ1) is 13.9. The summed E-state index contributed by atoms with van der Waals surface area (Å²) in [5, 5.41) is 0. The van der Waals surface area contributed by atoms with Crippen molar-refractivity contribution in [3.63, 3.8) is 0 Å². The molecule has 2 N–H and O–H groups in total. The van der Waals surface area contributed by atoms with Gasteiger partial charge < -0.3 is 5.73 Å². The van der Waals surface area contributed by atoms with Gasteiger partial charge in [0, 0.05) is 19.1 Å². The summed E-state index contributed by atoms with van der Waals surface area (Å²) >= 11 is 0. The van der Waals surface area contributed by atoms with Crippen LogP contribution in [-0.4, -0.2) is 30.6 Å². The van der Waals surface area contributed by atoms with Gasteiger partial charge >= 0.3 is 0 Å². The molecule has 0 aliphatic carbocycles. The molecule has 0 heterocycles. The fourth-order valence-corrected chi connectivity index (χ4v) is 1.99. The summed E-state index contributed by atoms with van der Waals surface area (Å²) in [5.74, 6) is 0.843. The average molecular weight is 200 g/mol. The van der Waals surface area contributed by atoms with Crippen LogP contribution in [0.4, 0.5) is 0 Å². The summed E-state index contributed by atoms with van der Waals surface area (Å²) in [4.78, 5) is 2.54. The molecule has 0 rings (SSSR count). The van der Waals surface area contributed by atoms with E-state index in [-0.39, 0.29) is 0 Å². The zero-order valence-electron chi connectivity index (χ0n) is 10.4. The summed E-state index contributed by atoms with van der Waals surface area (Å²) in [6.07, 6.45) is 3.74. The van der Waals surface area contributed by atoms with Crippen LogP contribution in [0.1, 0.15) is 47.0 Å². The van der Waals surface area contributed by atoms with Gasteiger partial charge in [0.2, 0.25) is 0 Å². The first-order valence-electron chi connectivity index (χ1n) is 6.17. The Labute approximate surface area is 89.9 Å². The van der Waals surface area contributed by atoms with Gasteiger partial charge in [-0.05, 0) is 18.9 Å². The lowest BCUT2D eigenvalue weighted by Crippen LogP contribution is -2.42. The van der Waals surface area contributed by atoms with Gasteiger partial charge in [-0.25, -0.2) is 0 Å². The minimum absolute atomic E-state index is 0.584. The maximum Gasteiger partial charge on any atom is 0.0215 e. The molecule has 2 nitrogen and oxygen atoms in total. The summed E-state index contributed by atoms with van der Waals surface area (Å²) in [5.41, 5.74) is 5.78. The van der Waals surface area contributed by atoms with E-state index in [0.717, 1.165) is 19.0 Å². The molecule has 0 bridgehead atoms. The van der Waals surface area contributed by atoms with E-state index in [4.69, 9.17) is 5.73 Å². The van der Waals surface area contributed by atoms with E-state index in [9.17, 15) is 0 Å². The topological polar surface area (TPSA) is 29.3 Å². The van der Waals surface area contributed by atoms with Crippen molar-refractivity contribution in [2.75, 3.05) is 19.6 Å². The minimum Gasteiger partial charge on any atom is -0.329 e. The molecule has 0 spiro atoms. The highest BCUT2D eigenvalue weighted by Gasteiger charge is 2.16. The SMILES string of the molecule is CCC(CC)CN(CC)C(CC)CN. The molecule has 1 unspecified atom stereocenters. The van der Waals surface area contributed by atoms with Crippen LogP contribution in [-0.2, 0) is 0 Å². The molecule has 0 aromatic carbocycles. The molecule has 0 amide bonds. The largest absolute Gasteiger partial charge is 0.329 e. The maximum atomic E-state index is 5.78. The fourth-order valence-electron chi connectivity index (χ4n) is 1.99. The molecular formula is C12H28N2. The number of rotatable bonds is 8. The Morgan fingerprint density at radius 3 is 1.86 bits per heavy atom. The number of hydrogen-bond acceptors (Lipinski definition) is 2. The van der Waals surface area contributed by atoms with Crippen LogP contribution < -0.4 is 5.73 Å². The van der Waals surface area contributed by atoms with Crippen molar-refractivity contribution >= 4 is 0 Å². The fraction of sp³-hybridized carbons (Fsp3) is 1.00. The molecule has 0 aromatic rings. The summed E-state index contributed by atoms with van der Waals surface area (Å²) in [6, 6.07) is 0.584. The van der Waals surface area contributed by atoms with E-state index in [0.29, 0.717) is 6.04 Å². The second kappa shape index (κ2) is 8.25. The molecule has 0 radical (unpaired) electrons.